The highest BCUT2D eigenvalue weighted by Gasteiger charge is 2.11. The van der Waals surface area contributed by atoms with Gasteiger partial charge in [0, 0.05) is 36.6 Å². The second-order valence-electron chi connectivity index (χ2n) is 5.98. The molecular weight excluding hydrogens is 336 g/mol. The molecule has 0 atom stereocenters. The minimum atomic E-state index is -3.32. The Morgan fingerprint density at radius 2 is 1.88 bits per heavy atom. The lowest BCUT2D eigenvalue weighted by Gasteiger charge is -2.08. The van der Waals surface area contributed by atoms with Crippen molar-refractivity contribution in [2.45, 2.75) is 17.9 Å². The molecule has 2 aromatic carbocycles. The molecule has 3 rings (SSSR count). The van der Waals surface area contributed by atoms with Crippen molar-refractivity contribution in [3.63, 3.8) is 0 Å². The van der Waals surface area contributed by atoms with Crippen LogP contribution in [0.1, 0.15) is 16.8 Å². The summed E-state index contributed by atoms with van der Waals surface area (Å²) in [6.07, 6.45) is 3.96. The van der Waals surface area contributed by atoms with E-state index < -0.39 is 9.84 Å². The van der Waals surface area contributed by atoms with Crippen LogP contribution in [0.25, 0.3) is 10.9 Å². The summed E-state index contributed by atoms with van der Waals surface area (Å²) in [5, 5.41) is 4.04. The van der Waals surface area contributed by atoms with Gasteiger partial charge in [-0.25, -0.2) is 8.42 Å². The lowest BCUT2D eigenvalue weighted by atomic mass is 10.2. The molecular formula is C19H20N2O3S. The van der Waals surface area contributed by atoms with Gasteiger partial charge in [-0.2, -0.15) is 0 Å². The maximum absolute atomic E-state index is 12.2. The van der Waals surface area contributed by atoms with Gasteiger partial charge in [0.15, 0.2) is 9.84 Å². The van der Waals surface area contributed by atoms with E-state index in [0.717, 1.165) is 19.2 Å². The lowest BCUT2D eigenvalue weighted by Crippen LogP contribution is -2.25. The number of aromatic nitrogens is 1. The van der Waals surface area contributed by atoms with Crippen LogP contribution < -0.4 is 5.32 Å². The molecule has 6 heteroatoms. The quantitative estimate of drug-likeness (QED) is 0.691. The molecule has 0 bridgehead atoms. The predicted octanol–water partition coefficient (Wildman–Crippen LogP) is 2.86. The van der Waals surface area contributed by atoms with Gasteiger partial charge in [-0.3, -0.25) is 4.79 Å². The molecule has 1 amide bonds. The van der Waals surface area contributed by atoms with Crippen LogP contribution in [0.3, 0.4) is 0 Å². The molecule has 1 N–H and O–H groups in total. The highest BCUT2D eigenvalue weighted by Crippen LogP contribution is 2.15. The number of fused-ring (bicyclic) bond motifs is 1. The first kappa shape index (κ1) is 17.2. The average Bonchev–Trinajstić information content (AvgIpc) is 3.01. The van der Waals surface area contributed by atoms with E-state index in [1.807, 2.05) is 18.3 Å². The summed E-state index contributed by atoms with van der Waals surface area (Å²) < 4.78 is 25.3. The van der Waals surface area contributed by atoms with Gasteiger partial charge in [0.2, 0.25) is 0 Å². The van der Waals surface area contributed by atoms with Crippen molar-refractivity contribution in [2.24, 2.45) is 0 Å². The summed E-state index contributed by atoms with van der Waals surface area (Å²) in [6, 6.07) is 16.3. The Morgan fingerprint density at radius 3 is 2.68 bits per heavy atom. The van der Waals surface area contributed by atoms with Crippen molar-refractivity contribution >= 4 is 26.6 Å². The maximum atomic E-state index is 12.2. The van der Waals surface area contributed by atoms with Crippen LogP contribution in [0.4, 0.5) is 0 Å². The molecule has 0 radical (unpaired) electrons. The SMILES string of the molecule is CS(=O)(=O)c1cccc(C(=O)NCCCn2ccc3ccccc32)c1. The number of nitrogens with one attached hydrogen (secondary N) is 1. The Labute approximate surface area is 147 Å². The molecule has 1 aromatic heterocycles. The molecule has 0 aliphatic heterocycles. The Bertz CT molecular complexity index is 1010. The molecule has 0 saturated heterocycles. The van der Waals surface area contributed by atoms with Gasteiger partial charge >= 0.3 is 0 Å². The number of hydrogen-bond donors (Lipinski definition) is 1. The standard InChI is InChI=1S/C19H20N2O3S/c1-25(23,24)17-8-4-7-16(14-17)19(22)20-11-5-12-21-13-10-15-6-2-3-9-18(15)21/h2-4,6-10,13-14H,5,11-12H2,1H3,(H,20,22). The molecule has 0 aliphatic rings. The van der Waals surface area contributed by atoms with Gasteiger partial charge in [-0.15, -0.1) is 0 Å². The van der Waals surface area contributed by atoms with Crippen molar-refractivity contribution in [3.05, 3.63) is 66.4 Å². The van der Waals surface area contributed by atoms with Crippen molar-refractivity contribution < 1.29 is 13.2 Å². The number of amides is 1. The lowest BCUT2D eigenvalue weighted by molar-refractivity contribution is 0.0952. The zero-order chi connectivity index (χ0) is 17.9. The van der Waals surface area contributed by atoms with Crippen molar-refractivity contribution in [2.75, 3.05) is 12.8 Å². The molecule has 0 unspecified atom stereocenters. The summed E-state index contributed by atoms with van der Waals surface area (Å²) in [7, 11) is -3.32. The van der Waals surface area contributed by atoms with Gasteiger partial charge in [-0.1, -0.05) is 24.3 Å². The monoisotopic (exact) mass is 356 g/mol. The van der Waals surface area contributed by atoms with Crippen LogP contribution in [-0.2, 0) is 16.4 Å². The minimum absolute atomic E-state index is 0.152. The van der Waals surface area contributed by atoms with Crippen molar-refractivity contribution in [1.82, 2.24) is 9.88 Å². The number of hydrogen-bond acceptors (Lipinski definition) is 3. The van der Waals surface area contributed by atoms with Gasteiger partial charge in [-0.05, 0) is 42.1 Å². The summed E-state index contributed by atoms with van der Waals surface area (Å²) in [5.74, 6) is -0.261. The van der Waals surface area contributed by atoms with E-state index in [9.17, 15) is 13.2 Å². The third-order valence-corrected chi connectivity index (χ3v) is 5.18. The van der Waals surface area contributed by atoms with Gasteiger partial charge < -0.3 is 9.88 Å². The fourth-order valence-electron chi connectivity index (χ4n) is 2.76. The second kappa shape index (κ2) is 7.11. The molecule has 130 valence electrons. The molecule has 0 fully saturated rings. The Morgan fingerprint density at radius 1 is 1.08 bits per heavy atom. The number of sulfone groups is 1. The smallest absolute Gasteiger partial charge is 0.251 e. The van der Waals surface area contributed by atoms with E-state index in [1.165, 1.54) is 23.0 Å². The normalized spacial score (nSPS) is 11.6. The van der Waals surface area contributed by atoms with Gasteiger partial charge in [0.1, 0.15) is 0 Å². The molecule has 1 heterocycles. The third kappa shape index (κ3) is 4.09. The Kier molecular flexibility index (Phi) is 4.90. The van der Waals surface area contributed by atoms with Crippen LogP contribution in [0.15, 0.2) is 65.7 Å². The molecule has 5 nitrogen and oxygen atoms in total. The van der Waals surface area contributed by atoms with E-state index in [2.05, 4.69) is 28.1 Å². The summed E-state index contributed by atoms with van der Waals surface area (Å²) in [5.41, 5.74) is 1.53. The highest BCUT2D eigenvalue weighted by atomic mass is 32.2. The molecule has 0 aliphatic carbocycles. The van der Waals surface area contributed by atoms with Crippen molar-refractivity contribution in [3.8, 4) is 0 Å². The van der Waals surface area contributed by atoms with Crippen LogP contribution in [0, 0.1) is 0 Å². The maximum Gasteiger partial charge on any atom is 0.251 e. The van der Waals surface area contributed by atoms with E-state index in [0.29, 0.717) is 12.1 Å². The number of nitrogens with zero attached hydrogens (tertiary/aromatic N) is 1. The second-order valence-corrected chi connectivity index (χ2v) is 7.99. The van der Waals surface area contributed by atoms with E-state index in [4.69, 9.17) is 0 Å². The topological polar surface area (TPSA) is 68.2 Å². The average molecular weight is 356 g/mol. The molecule has 0 saturated carbocycles. The predicted molar refractivity (Wildman–Crippen MR) is 98.4 cm³/mol. The molecule has 25 heavy (non-hydrogen) atoms. The number of aryl methyl sites for hydroxylation is 1. The first-order valence-electron chi connectivity index (χ1n) is 8.07. The first-order chi connectivity index (χ1) is 11.9. The van der Waals surface area contributed by atoms with Crippen LogP contribution in [0.2, 0.25) is 0 Å². The van der Waals surface area contributed by atoms with Crippen LogP contribution >= 0.6 is 0 Å². The van der Waals surface area contributed by atoms with Crippen LogP contribution in [0.5, 0.6) is 0 Å². The Balaban J connectivity index is 1.56. The number of benzene rings is 2. The third-order valence-electron chi connectivity index (χ3n) is 4.07. The highest BCUT2D eigenvalue weighted by molar-refractivity contribution is 7.90. The number of para-hydroxylation sites is 1. The summed E-state index contributed by atoms with van der Waals surface area (Å²) in [6.45, 7) is 1.33. The van der Waals surface area contributed by atoms with Crippen LogP contribution in [-0.4, -0.2) is 31.7 Å². The van der Waals surface area contributed by atoms with E-state index >= 15 is 0 Å². The molecule has 3 aromatic rings. The van der Waals surface area contributed by atoms with E-state index in [-0.39, 0.29) is 10.8 Å². The van der Waals surface area contributed by atoms with E-state index in [1.54, 1.807) is 12.1 Å². The molecule has 0 spiro atoms. The largest absolute Gasteiger partial charge is 0.352 e. The number of carbonyl (C=O) groups is 1. The van der Waals surface area contributed by atoms with Gasteiger partial charge in [0.25, 0.3) is 5.91 Å². The number of carbonyl (C=O) groups excluding carboxylic acids is 1. The zero-order valence-corrected chi connectivity index (χ0v) is 14.8. The first-order valence-corrected chi connectivity index (χ1v) is 9.96. The minimum Gasteiger partial charge on any atom is -0.352 e. The number of rotatable bonds is 6. The zero-order valence-electron chi connectivity index (χ0n) is 14.0. The fraction of sp³-hybridized carbons (Fsp3) is 0.211. The van der Waals surface area contributed by atoms with Crippen molar-refractivity contribution in [1.29, 1.82) is 0 Å². The Hall–Kier alpha value is -2.60. The summed E-state index contributed by atoms with van der Waals surface area (Å²) in [4.78, 5) is 12.3. The van der Waals surface area contributed by atoms with Gasteiger partial charge in [0.05, 0.1) is 4.90 Å². The summed E-state index contributed by atoms with van der Waals surface area (Å²) >= 11 is 0. The fourth-order valence-corrected chi connectivity index (χ4v) is 3.42.